The van der Waals surface area contributed by atoms with Crippen LogP contribution in [-0.2, 0) is 0 Å². The molecule has 1 aliphatic carbocycles. The number of benzene rings is 1. The summed E-state index contributed by atoms with van der Waals surface area (Å²) in [7, 11) is 1.70. The van der Waals surface area contributed by atoms with Crippen LogP contribution in [0.4, 0.5) is 0 Å². The van der Waals surface area contributed by atoms with Crippen molar-refractivity contribution in [1.82, 2.24) is 5.32 Å². The number of fused-ring (bicyclic) bond motifs is 1. The van der Waals surface area contributed by atoms with Crippen LogP contribution in [0.2, 0.25) is 0 Å². The lowest BCUT2D eigenvalue weighted by molar-refractivity contribution is 0.294. The summed E-state index contributed by atoms with van der Waals surface area (Å²) in [4.78, 5) is 0. The van der Waals surface area contributed by atoms with Gasteiger partial charge in [-0.15, -0.1) is 0 Å². The van der Waals surface area contributed by atoms with Crippen LogP contribution in [0, 0.1) is 0 Å². The summed E-state index contributed by atoms with van der Waals surface area (Å²) in [6.45, 7) is 0.788. The molecule has 1 aromatic carbocycles. The van der Waals surface area contributed by atoms with E-state index in [-0.39, 0.29) is 0 Å². The van der Waals surface area contributed by atoms with E-state index in [1.165, 1.54) is 18.4 Å². The minimum atomic E-state index is 0.426. The van der Waals surface area contributed by atoms with Gasteiger partial charge in [0, 0.05) is 17.6 Å². The van der Waals surface area contributed by atoms with Crippen molar-refractivity contribution in [3.63, 3.8) is 0 Å². The Balaban J connectivity index is 1.93. The predicted molar refractivity (Wildman–Crippen MR) is 66.6 cm³/mol. The Kier molecular flexibility index (Phi) is 2.93. The highest BCUT2D eigenvalue weighted by atomic mass is 16.5. The summed E-state index contributed by atoms with van der Waals surface area (Å²) in [5, 5.41) is 3.70. The fourth-order valence-electron chi connectivity index (χ4n) is 2.45. The van der Waals surface area contributed by atoms with Crippen LogP contribution in [0.1, 0.15) is 37.3 Å². The second kappa shape index (κ2) is 4.57. The van der Waals surface area contributed by atoms with Crippen LogP contribution in [-0.4, -0.2) is 19.8 Å². The summed E-state index contributed by atoms with van der Waals surface area (Å²) in [5.74, 6) is 1.79. The zero-order valence-electron chi connectivity index (χ0n) is 10.2. The Morgan fingerprint density at radius 1 is 1.29 bits per heavy atom. The Labute approximate surface area is 102 Å². The zero-order chi connectivity index (χ0) is 11.7. The molecule has 3 rings (SSSR count). The molecule has 1 unspecified atom stereocenters. The summed E-state index contributed by atoms with van der Waals surface area (Å²) in [6, 6.07) is 7.32. The number of nitrogens with one attached hydrogen (secondary N) is 1. The molecule has 1 atom stereocenters. The number of rotatable bonds is 3. The summed E-state index contributed by atoms with van der Waals surface area (Å²) in [6.07, 6.45) is 4.88. The van der Waals surface area contributed by atoms with E-state index in [0.717, 1.165) is 37.0 Å². The topological polar surface area (TPSA) is 30.5 Å². The SMILES string of the molecule is COc1cccc2c1OCCCC2NC1CC1. The van der Waals surface area contributed by atoms with Gasteiger partial charge in [-0.25, -0.2) is 0 Å². The lowest BCUT2D eigenvalue weighted by atomic mass is 10.0. The van der Waals surface area contributed by atoms with Gasteiger partial charge in [0.15, 0.2) is 11.5 Å². The van der Waals surface area contributed by atoms with Crippen molar-refractivity contribution in [2.45, 2.75) is 37.8 Å². The van der Waals surface area contributed by atoms with Gasteiger partial charge in [0.2, 0.25) is 0 Å². The second-order valence-corrected chi connectivity index (χ2v) is 4.86. The van der Waals surface area contributed by atoms with Crippen molar-refractivity contribution in [2.75, 3.05) is 13.7 Å². The predicted octanol–water partition coefficient (Wildman–Crippen LogP) is 2.66. The Bertz CT molecular complexity index is 401. The molecule has 1 heterocycles. The maximum atomic E-state index is 5.84. The van der Waals surface area contributed by atoms with Crippen molar-refractivity contribution >= 4 is 0 Å². The van der Waals surface area contributed by atoms with Crippen LogP contribution in [0.25, 0.3) is 0 Å². The molecule has 92 valence electrons. The highest BCUT2D eigenvalue weighted by Crippen LogP contribution is 2.39. The normalized spacial score (nSPS) is 23.5. The average molecular weight is 233 g/mol. The molecule has 1 saturated carbocycles. The standard InChI is InChI=1S/C14H19NO2/c1-16-13-6-2-4-11-12(15-10-7-8-10)5-3-9-17-14(11)13/h2,4,6,10,12,15H,3,5,7-9H2,1H3. The molecule has 3 heteroatoms. The molecule has 0 bridgehead atoms. The first-order chi connectivity index (χ1) is 8.38. The monoisotopic (exact) mass is 233 g/mol. The van der Waals surface area contributed by atoms with E-state index in [4.69, 9.17) is 9.47 Å². The Morgan fingerprint density at radius 2 is 2.18 bits per heavy atom. The van der Waals surface area contributed by atoms with Gasteiger partial charge in [0.1, 0.15) is 0 Å². The molecule has 1 aromatic rings. The van der Waals surface area contributed by atoms with E-state index in [2.05, 4.69) is 11.4 Å². The third-order valence-electron chi connectivity index (χ3n) is 3.50. The fourth-order valence-corrected chi connectivity index (χ4v) is 2.45. The molecule has 0 saturated heterocycles. The van der Waals surface area contributed by atoms with Crippen LogP contribution in [0.3, 0.4) is 0 Å². The molecule has 1 N–H and O–H groups in total. The molecular formula is C14H19NO2. The van der Waals surface area contributed by atoms with Gasteiger partial charge in [-0.2, -0.15) is 0 Å². The minimum Gasteiger partial charge on any atom is -0.493 e. The molecule has 3 nitrogen and oxygen atoms in total. The number of ether oxygens (including phenoxy) is 2. The lowest BCUT2D eigenvalue weighted by Crippen LogP contribution is -2.23. The van der Waals surface area contributed by atoms with Gasteiger partial charge in [0.05, 0.1) is 13.7 Å². The molecule has 0 spiro atoms. The van der Waals surface area contributed by atoms with Crippen LogP contribution < -0.4 is 14.8 Å². The number of para-hydroxylation sites is 1. The van der Waals surface area contributed by atoms with Crippen molar-refractivity contribution < 1.29 is 9.47 Å². The highest BCUT2D eigenvalue weighted by Gasteiger charge is 2.28. The smallest absolute Gasteiger partial charge is 0.165 e. The largest absolute Gasteiger partial charge is 0.493 e. The highest BCUT2D eigenvalue weighted by molar-refractivity contribution is 5.48. The van der Waals surface area contributed by atoms with E-state index >= 15 is 0 Å². The Hall–Kier alpha value is -1.22. The van der Waals surface area contributed by atoms with Gasteiger partial charge in [-0.3, -0.25) is 0 Å². The Morgan fingerprint density at radius 3 is 2.94 bits per heavy atom. The summed E-state index contributed by atoms with van der Waals surface area (Å²) in [5.41, 5.74) is 1.26. The fraction of sp³-hybridized carbons (Fsp3) is 0.571. The van der Waals surface area contributed by atoms with E-state index < -0.39 is 0 Å². The average Bonchev–Trinajstić information content (AvgIpc) is 3.17. The van der Waals surface area contributed by atoms with Crippen molar-refractivity contribution in [3.05, 3.63) is 23.8 Å². The van der Waals surface area contributed by atoms with Gasteiger partial charge in [0.25, 0.3) is 0 Å². The van der Waals surface area contributed by atoms with Crippen molar-refractivity contribution in [2.24, 2.45) is 0 Å². The van der Waals surface area contributed by atoms with Gasteiger partial charge in [-0.05, 0) is 31.7 Å². The summed E-state index contributed by atoms with van der Waals surface area (Å²) < 4.78 is 11.2. The maximum absolute atomic E-state index is 5.84. The number of hydrogen-bond acceptors (Lipinski definition) is 3. The van der Waals surface area contributed by atoms with Crippen LogP contribution in [0.15, 0.2) is 18.2 Å². The molecule has 1 fully saturated rings. The zero-order valence-corrected chi connectivity index (χ0v) is 10.2. The maximum Gasteiger partial charge on any atom is 0.165 e. The van der Waals surface area contributed by atoms with Gasteiger partial charge in [-0.1, -0.05) is 12.1 Å². The van der Waals surface area contributed by atoms with Crippen LogP contribution in [0.5, 0.6) is 11.5 Å². The third-order valence-corrected chi connectivity index (χ3v) is 3.50. The first kappa shape index (κ1) is 10.9. The molecular weight excluding hydrogens is 214 g/mol. The molecule has 0 radical (unpaired) electrons. The lowest BCUT2D eigenvalue weighted by Gasteiger charge is -2.19. The second-order valence-electron chi connectivity index (χ2n) is 4.86. The molecule has 0 amide bonds. The number of hydrogen-bond donors (Lipinski definition) is 1. The van der Waals surface area contributed by atoms with Crippen LogP contribution >= 0.6 is 0 Å². The molecule has 2 aliphatic rings. The third kappa shape index (κ3) is 2.25. The molecule has 0 aromatic heterocycles. The molecule has 1 aliphatic heterocycles. The van der Waals surface area contributed by atoms with E-state index in [1.54, 1.807) is 7.11 Å². The quantitative estimate of drug-likeness (QED) is 0.870. The summed E-state index contributed by atoms with van der Waals surface area (Å²) >= 11 is 0. The van der Waals surface area contributed by atoms with E-state index in [0.29, 0.717) is 6.04 Å². The van der Waals surface area contributed by atoms with Gasteiger partial charge < -0.3 is 14.8 Å². The molecule has 17 heavy (non-hydrogen) atoms. The van der Waals surface area contributed by atoms with Gasteiger partial charge >= 0.3 is 0 Å². The first-order valence-electron chi connectivity index (χ1n) is 6.44. The van der Waals surface area contributed by atoms with Crippen molar-refractivity contribution in [1.29, 1.82) is 0 Å². The number of methoxy groups -OCH3 is 1. The van der Waals surface area contributed by atoms with Crippen molar-refractivity contribution in [3.8, 4) is 11.5 Å². The first-order valence-corrected chi connectivity index (χ1v) is 6.44. The minimum absolute atomic E-state index is 0.426. The van der Waals surface area contributed by atoms with E-state index in [9.17, 15) is 0 Å². The van der Waals surface area contributed by atoms with E-state index in [1.807, 2.05) is 12.1 Å².